The lowest BCUT2D eigenvalue weighted by molar-refractivity contribution is -0.122. The van der Waals surface area contributed by atoms with Crippen molar-refractivity contribution in [1.29, 1.82) is 0 Å². The highest BCUT2D eigenvalue weighted by molar-refractivity contribution is 6.39. The molecule has 2 aromatic rings. The molecule has 1 aliphatic heterocycles. The molecular weight excluding hydrogens is 432 g/mol. The zero-order chi connectivity index (χ0) is 23.1. The minimum absolute atomic E-state index is 0.0561. The van der Waals surface area contributed by atoms with Gasteiger partial charge in [0.1, 0.15) is 23.7 Å². The van der Waals surface area contributed by atoms with Crippen molar-refractivity contribution in [2.45, 2.75) is 19.8 Å². The number of ether oxygens (including phenoxy) is 2. The van der Waals surface area contributed by atoms with Gasteiger partial charge in [-0.05, 0) is 54.5 Å². The summed E-state index contributed by atoms with van der Waals surface area (Å²) in [6.07, 6.45) is 8.46. The van der Waals surface area contributed by atoms with Gasteiger partial charge in [-0.3, -0.25) is 14.9 Å². The highest BCUT2D eigenvalue weighted by Gasteiger charge is 2.36. The van der Waals surface area contributed by atoms with Crippen LogP contribution in [-0.2, 0) is 9.59 Å². The summed E-state index contributed by atoms with van der Waals surface area (Å²) in [5.74, 6) is 1.80. The van der Waals surface area contributed by atoms with Crippen molar-refractivity contribution in [2.75, 3.05) is 18.1 Å². The van der Waals surface area contributed by atoms with Gasteiger partial charge in [0.2, 0.25) is 0 Å². The van der Waals surface area contributed by atoms with E-state index in [2.05, 4.69) is 18.2 Å². The largest absolute Gasteiger partial charge is 0.494 e. The van der Waals surface area contributed by atoms with Gasteiger partial charge in [0.05, 0.1) is 17.3 Å². The van der Waals surface area contributed by atoms with Gasteiger partial charge < -0.3 is 9.47 Å². The summed E-state index contributed by atoms with van der Waals surface area (Å²) < 4.78 is 10.9. The van der Waals surface area contributed by atoms with E-state index in [0.717, 1.165) is 17.7 Å². The van der Waals surface area contributed by atoms with Crippen LogP contribution < -0.4 is 19.7 Å². The van der Waals surface area contributed by atoms with Crippen LogP contribution in [0.3, 0.4) is 0 Å². The topological polar surface area (TPSA) is 84.9 Å². The summed E-state index contributed by atoms with van der Waals surface area (Å²) in [5.41, 5.74) is 0.585. The number of terminal acetylenes is 1. The Kier molecular flexibility index (Phi) is 7.53. The van der Waals surface area contributed by atoms with Gasteiger partial charge in [-0.2, -0.15) is 0 Å². The van der Waals surface area contributed by atoms with E-state index in [1.54, 1.807) is 36.4 Å². The molecule has 0 spiro atoms. The van der Waals surface area contributed by atoms with Crippen LogP contribution in [-0.4, -0.2) is 31.1 Å². The predicted molar refractivity (Wildman–Crippen MR) is 122 cm³/mol. The summed E-state index contributed by atoms with van der Waals surface area (Å²) in [7, 11) is 0. The highest BCUT2D eigenvalue weighted by Crippen LogP contribution is 2.28. The molecule has 3 rings (SSSR count). The number of barbiturate groups is 1. The molecule has 7 nitrogen and oxygen atoms in total. The molecule has 0 bridgehead atoms. The molecule has 32 heavy (non-hydrogen) atoms. The van der Waals surface area contributed by atoms with Crippen LogP contribution in [0.1, 0.15) is 25.3 Å². The zero-order valence-electron chi connectivity index (χ0n) is 17.4. The van der Waals surface area contributed by atoms with Gasteiger partial charge in [-0.1, -0.05) is 36.9 Å². The van der Waals surface area contributed by atoms with Crippen molar-refractivity contribution in [3.8, 4) is 23.8 Å². The first-order valence-corrected chi connectivity index (χ1v) is 10.3. The average molecular weight is 453 g/mol. The van der Waals surface area contributed by atoms with Crippen molar-refractivity contribution >= 4 is 41.2 Å². The Labute approximate surface area is 190 Å². The third-order valence-electron chi connectivity index (χ3n) is 4.54. The number of hydrogen-bond donors (Lipinski definition) is 1. The van der Waals surface area contributed by atoms with E-state index in [-0.39, 0.29) is 17.2 Å². The lowest BCUT2D eigenvalue weighted by atomic mass is 10.1. The molecule has 0 aromatic heterocycles. The van der Waals surface area contributed by atoms with Crippen molar-refractivity contribution in [3.05, 3.63) is 58.6 Å². The molecule has 1 aliphatic rings. The third kappa shape index (κ3) is 5.29. The minimum atomic E-state index is -0.826. The number of nitrogens with zero attached hydrogens (tertiary/aromatic N) is 1. The predicted octanol–water partition coefficient (Wildman–Crippen LogP) is 4.20. The third-order valence-corrected chi connectivity index (χ3v) is 4.84. The van der Waals surface area contributed by atoms with Crippen molar-refractivity contribution in [2.24, 2.45) is 0 Å². The Morgan fingerprint density at radius 1 is 1.12 bits per heavy atom. The summed E-state index contributed by atoms with van der Waals surface area (Å²) in [6.45, 7) is 2.70. The van der Waals surface area contributed by atoms with E-state index in [9.17, 15) is 14.4 Å². The minimum Gasteiger partial charge on any atom is -0.494 e. The Hall–Kier alpha value is -3.76. The number of benzene rings is 2. The maximum atomic E-state index is 13.0. The maximum absolute atomic E-state index is 13.0. The Balaban J connectivity index is 1.84. The van der Waals surface area contributed by atoms with Crippen LogP contribution >= 0.6 is 11.6 Å². The van der Waals surface area contributed by atoms with Gasteiger partial charge in [-0.15, -0.1) is 6.42 Å². The molecule has 0 unspecified atom stereocenters. The molecule has 2 aromatic carbocycles. The number of hydrogen-bond acceptors (Lipinski definition) is 5. The number of carbonyl (C=O) groups excluding carboxylic acids is 3. The second-order valence-electron chi connectivity index (χ2n) is 6.84. The van der Waals surface area contributed by atoms with Crippen LogP contribution in [0.15, 0.2) is 48.0 Å². The number of nitrogens with one attached hydrogen (secondary N) is 1. The fourth-order valence-corrected chi connectivity index (χ4v) is 3.17. The van der Waals surface area contributed by atoms with E-state index < -0.39 is 17.8 Å². The van der Waals surface area contributed by atoms with Gasteiger partial charge in [0.25, 0.3) is 11.8 Å². The quantitative estimate of drug-likeness (QED) is 0.281. The fourth-order valence-electron chi connectivity index (χ4n) is 2.93. The van der Waals surface area contributed by atoms with Crippen LogP contribution in [0.2, 0.25) is 5.02 Å². The molecule has 4 amide bonds. The van der Waals surface area contributed by atoms with E-state index >= 15 is 0 Å². The van der Waals surface area contributed by atoms with E-state index in [0.29, 0.717) is 29.4 Å². The number of amides is 4. The van der Waals surface area contributed by atoms with Crippen molar-refractivity contribution in [1.82, 2.24) is 5.32 Å². The van der Waals surface area contributed by atoms with Crippen molar-refractivity contribution < 1.29 is 23.9 Å². The Bertz CT molecular complexity index is 1100. The first-order valence-electron chi connectivity index (χ1n) is 9.94. The number of unbranched alkanes of at least 4 members (excludes halogenated alkanes) is 1. The molecule has 0 aliphatic carbocycles. The summed E-state index contributed by atoms with van der Waals surface area (Å²) in [5, 5.41) is 2.46. The molecule has 164 valence electrons. The number of halogens is 1. The smallest absolute Gasteiger partial charge is 0.335 e. The Morgan fingerprint density at radius 2 is 1.88 bits per heavy atom. The zero-order valence-corrected chi connectivity index (χ0v) is 18.1. The van der Waals surface area contributed by atoms with Crippen LogP contribution in [0, 0.1) is 12.3 Å². The van der Waals surface area contributed by atoms with E-state index in [4.69, 9.17) is 27.5 Å². The second kappa shape index (κ2) is 10.5. The maximum Gasteiger partial charge on any atom is 0.335 e. The van der Waals surface area contributed by atoms with E-state index in [1.807, 2.05) is 0 Å². The first kappa shape index (κ1) is 22.9. The van der Waals surface area contributed by atoms with Gasteiger partial charge in [0.15, 0.2) is 0 Å². The highest BCUT2D eigenvalue weighted by atomic mass is 35.5. The molecule has 0 saturated carbocycles. The molecule has 0 radical (unpaired) electrons. The van der Waals surface area contributed by atoms with Crippen molar-refractivity contribution in [3.63, 3.8) is 0 Å². The van der Waals surface area contributed by atoms with Gasteiger partial charge >= 0.3 is 6.03 Å². The molecule has 0 atom stereocenters. The molecule has 1 saturated heterocycles. The molecule has 1 heterocycles. The molecule has 1 N–H and O–H groups in total. The SMILES string of the molecule is C#CCOc1ccc(/C=C2/C(=O)NC(=O)N(c3ccc(OCCCC)cc3)C2=O)cc1Cl. The second-order valence-corrected chi connectivity index (χ2v) is 7.24. The molecule has 1 fully saturated rings. The monoisotopic (exact) mass is 452 g/mol. The van der Waals surface area contributed by atoms with Gasteiger partial charge in [-0.25, -0.2) is 9.69 Å². The molecular formula is C24H21ClN2O5. The number of carbonyl (C=O) groups is 3. The standard InChI is InChI=1S/C24H21ClN2O5/c1-3-5-13-31-18-9-7-17(8-10-18)27-23(29)19(22(28)26-24(27)30)14-16-6-11-21(20(25)15-16)32-12-4-2/h2,6-11,14-15H,3,5,12-13H2,1H3,(H,26,28,30)/b19-14-. The number of imide groups is 2. The first-order chi connectivity index (χ1) is 15.4. The normalized spacial score (nSPS) is 14.8. The number of rotatable bonds is 8. The lowest BCUT2D eigenvalue weighted by Gasteiger charge is -2.26. The average Bonchev–Trinajstić information content (AvgIpc) is 2.77. The summed E-state index contributed by atoms with van der Waals surface area (Å²) >= 11 is 6.18. The molecule has 8 heteroatoms. The van der Waals surface area contributed by atoms with Gasteiger partial charge in [0, 0.05) is 0 Å². The van der Waals surface area contributed by atoms with Crippen LogP contribution in [0.5, 0.6) is 11.5 Å². The number of urea groups is 1. The lowest BCUT2D eigenvalue weighted by Crippen LogP contribution is -2.54. The van der Waals surface area contributed by atoms with Crippen LogP contribution in [0.4, 0.5) is 10.5 Å². The summed E-state index contributed by atoms with van der Waals surface area (Å²) in [6, 6.07) is 10.4. The number of anilines is 1. The van der Waals surface area contributed by atoms with E-state index in [1.165, 1.54) is 12.1 Å². The Morgan fingerprint density at radius 3 is 2.53 bits per heavy atom. The summed E-state index contributed by atoms with van der Waals surface area (Å²) in [4.78, 5) is 38.6. The fraction of sp³-hybridized carbons (Fsp3) is 0.208. The van der Waals surface area contributed by atoms with Crippen LogP contribution in [0.25, 0.3) is 6.08 Å².